The van der Waals surface area contributed by atoms with Crippen molar-refractivity contribution in [1.82, 2.24) is 14.4 Å². The van der Waals surface area contributed by atoms with Gasteiger partial charge in [0.05, 0.1) is 6.54 Å². The van der Waals surface area contributed by atoms with Crippen LogP contribution < -0.4 is 0 Å². The minimum absolute atomic E-state index is 0.1000. The number of aromatic nitrogens is 1. The fraction of sp³-hybridized carbons (Fsp3) is 0.538. The zero-order valence-electron chi connectivity index (χ0n) is 19.3. The Labute approximate surface area is 190 Å². The molecule has 0 unspecified atom stereocenters. The van der Waals surface area contributed by atoms with Crippen LogP contribution >= 0.6 is 0 Å². The Hall–Kier alpha value is -2.47. The van der Waals surface area contributed by atoms with Crippen LogP contribution in [0.2, 0.25) is 0 Å². The Morgan fingerprint density at radius 2 is 1.56 bits per heavy atom. The predicted molar refractivity (Wildman–Crippen MR) is 124 cm³/mol. The molecule has 0 saturated carbocycles. The maximum atomic E-state index is 13.3. The van der Waals surface area contributed by atoms with Crippen molar-refractivity contribution >= 4 is 11.7 Å². The number of rotatable bonds is 5. The van der Waals surface area contributed by atoms with E-state index in [0.29, 0.717) is 12.5 Å². The lowest BCUT2D eigenvalue weighted by Crippen LogP contribution is -2.44. The van der Waals surface area contributed by atoms with Crippen LogP contribution in [0.5, 0.6) is 0 Å². The summed E-state index contributed by atoms with van der Waals surface area (Å²) < 4.78 is 15.3. The quantitative estimate of drug-likeness (QED) is 0.643. The van der Waals surface area contributed by atoms with Crippen LogP contribution in [-0.4, -0.2) is 58.8 Å². The molecule has 2 saturated heterocycles. The number of hydrogen-bond donors (Lipinski definition) is 0. The molecule has 1 aromatic carbocycles. The molecule has 5 nitrogen and oxygen atoms in total. The van der Waals surface area contributed by atoms with Gasteiger partial charge < -0.3 is 9.47 Å². The van der Waals surface area contributed by atoms with Crippen LogP contribution in [-0.2, 0) is 4.79 Å². The minimum atomic E-state index is -0.273. The van der Waals surface area contributed by atoms with E-state index < -0.39 is 0 Å². The van der Waals surface area contributed by atoms with Crippen LogP contribution in [0.3, 0.4) is 0 Å². The lowest BCUT2D eigenvalue weighted by Gasteiger charge is -2.33. The highest BCUT2D eigenvalue weighted by Crippen LogP contribution is 2.24. The lowest BCUT2D eigenvalue weighted by atomic mass is 9.94. The van der Waals surface area contributed by atoms with Crippen molar-refractivity contribution in [3.05, 3.63) is 53.1 Å². The van der Waals surface area contributed by atoms with E-state index in [9.17, 15) is 14.0 Å². The second-order valence-corrected chi connectivity index (χ2v) is 9.31. The Morgan fingerprint density at radius 3 is 2.19 bits per heavy atom. The molecule has 2 aliphatic rings. The average Bonchev–Trinajstić information content (AvgIpc) is 2.96. The fourth-order valence-corrected chi connectivity index (χ4v) is 5.21. The highest BCUT2D eigenvalue weighted by molar-refractivity contribution is 5.99. The predicted octanol–water partition coefficient (Wildman–Crippen LogP) is 4.53. The van der Waals surface area contributed by atoms with Crippen molar-refractivity contribution in [2.75, 3.05) is 32.7 Å². The van der Waals surface area contributed by atoms with Crippen molar-refractivity contribution in [2.45, 2.75) is 52.4 Å². The van der Waals surface area contributed by atoms with Gasteiger partial charge in [0.1, 0.15) is 5.82 Å². The molecule has 3 heterocycles. The zero-order chi connectivity index (χ0) is 22.7. The van der Waals surface area contributed by atoms with Gasteiger partial charge in [-0.15, -0.1) is 0 Å². The third-order valence-electron chi connectivity index (χ3n) is 7.04. The standard InChI is InChI=1S/C26H34FN3O2/c1-19-17-24(20(2)30(19)23-9-7-22(27)8-10-23)25(31)18-28-15-11-21(12-16-28)26(32)29-13-5-3-4-6-14-29/h7-10,17,21H,3-6,11-16,18H2,1-2H3. The number of carbonyl (C=O) groups is 2. The number of carbonyl (C=O) groups excluding carboxylic acids is 2. The number of hydrogen-bond acceptors (Lipinski definition) is 3. The zero-order valence-corrected chi connectivity index (χ0v) is 19.3. The smallest absolute Gasteiger partial charge is 0.225 e. The summed E-state index contributed by atoms with van der Waals surface area (Å²) in [4.78, 5) is 30.3. The minimum Gasteiger partial charge on any atom is -0.342 e. The highest BCUT2D eigenvalue weighted by Gasteiger charge is 2.30. The number of aryl methyl sites for hydroxylation is 1. The second-order valence-electron chi connectivity index (χ2n) is 9.31. The molecule has 0 atom stereocenters. The molecule has 2 fully saturated rings. The SMILES string of the molecule is Cc1cc(C(=O)CN2CCC(C(=O)N3CCCCCC3)CC2)c(C)n1-c1ccc(F)cc1. The van der Waals surface area contributed by atoms with Gasteiger partial charge in [-0.05, 0) is 83.0 Å². The number of benzene rings is 1. The second kappa shape index (κ2) is 9.99. The van der Waals surface area contributed by atoms with E-state index in [0.717, 1.165) is 74.5 Å². The third kappa shape index (κ3) is 4.96. The largest absolute Gasteiger partial charge is 0.342 e. The van der Waals surface area contributed by atoms with E-state index in [2.05, 4.69) is 9.80 Å². The van der Waals surface area contributed by atoms with Crippen LogP contribution in [0.4, 0.5) is 4.39 Å². The van der Waals surface area contributed by atoms with Crippen molar-refractivity contribution in [1.29, 1.82) is 0 Å². The summed E-state index contributed by atoms with van der Waals surface area (Å²) >= 11 is 0. The molecule has 6 heteroatoms. The molecule has 4 rings (SSSR count). The van der Waals surface area contributed by atoms with E-state index in [4.69, 9.17) is 0 Å². The van der Waals surface area contributed by atoms with E-state index in [1.165, 1.54) is 25.0 Å². The summed E-state index contributed by atoms with van der Waals surface area (Å²) in [5.41, 5.74) is 3.41. The van der Waals surface area contributed by atoms with Crippen LogP contribution in [0.25, 0.3) is 5.69 Å². The van der Waals surface area contributed by atoms with Crippen LogP contribution in [0, 0.1) is 25.6 Å². The van der Waals surface area contributed by atoms with Gasteiger partial charge >= 0.3 is 0 Å². The molecule has 2 aromatic rings. The monoisotopic (exact) mass is 439 g/mol. The first-order valence-corrected chi connectivity index (χ1v) is 11.9. The molecular weight excluding hydrogens is 405 g/mol. The van der Waals surface area contributed by atoms with Gasteiger partial charge in [0.15, 0.2) is 5.78 Å². The molecule has 2 aliphatic heterocycles. The number of Topliss-reactive ketones (excluding diaryl/α,β-unsaturated/α-hetero) is 1. The van der Waals surface area contributed by atoms with Gasteiger partial charge in [-0.2, -0.15) is 0 Å². The van der Waals surface area contributed by atoms with E-state index >= 15 is 0 Å². The summed E-state index contributed by atoms with van der Waals surface area (Å²) in [6.07, 6.45) is 6.36. The number of amides is 1. The van der Waals surface area contributed by atoms with Crippen LogP contribution in [0.15, 0.2) is 30.3 Å². The number of halogens is 1. The summed E-state index contributed by atoms with van der Waals surface area (Å²) in [7, 11) is 0. The van der Waals surface area contributed by atoms with Crippen molar-refractivity contribution in [3.8, 4) is 5.69 Å². The van der Waals surface area contributed by atoms with Crippen LogP contribution in [0.1, 0.15) is 60.3 Å². The lowest BCUT2D eigenvalue weighted by molar-refractivity contribution is -0.137. The molecule has 0 bridgehead atoms. The van der Waals surface area contributed by atoms with Gasteiger partial charge in [-0.1, -0.05) is 12.8 Å². The average molecular weight is 440 g/mol. The molecule has 172 valence electrons. The van der Waals surface area contributed by atoms with Crippen molar-refractivity contribution in [2.24, 2.45) is 5.92 Å². The molecule has 1 aromatic heterocycles. The fourth-order valence-electron chi connectivity index (χ4n) is 5.21. The van der Waals surface area contributed by atoms with Gasteiger partial charge in [0, 0.05) is 41.6 Å². The summed E-state index contributed by atoms with van der Waals surface area (Å²) in [6.45, 7) is 7.66. The summed E-state index contributed by atoms with van der Waals surface area (Å²) in [6, 6.07) is 8.27. The first kappa shape index (κ1) is 22.7. The van der Waals surface area contributed by atoms with E-state index in [1.807, 2.05) is 24.5 Å². The molecule has 0 N–H and O–H groups in total. The van der Waals surface area contributed by atoms with Gasteiger partial charge in [0.25, 0.3) is 0 Å². The maximum Gasteiger partial charge on any atom is 0.225 e. The highest BCUT2D eigenvalue weighted by atomic mass is 19.1. The molecular formula is C26H34FN3O2. The number of piperidine rings is 1. The van der Waals surface area contributed by atoms with Crippen molar-refractivity contribution < 1.29 is 14.0 Å². The molecule has 0 radical (unpaired) electrons. The Balaban J connectivity index is 1.36. The Morgan fingerprint density at radius 1 is 0.938 bits per heavy atom. The summed E-state index contributed by atoms with van der Waals surface area (Å²) in [5, 5.41) is 0. The number of nitrogens with zero attached hydrogens (tertiary/aromatic N) is 3. The van der Waals surface area contributed by atoms with E-state index in [-0.39, 0.29) is 17.5 Å². The van der Waals surface area contributed by atoms with E-state index in [1.54, 1.807) is 12.1 Å². The number of ketones is 1. The molecule has 32 heavy (non-hydrogen) atoms. The first-order chi connectivity index (χ1) is 15.4. The van der Waals surface area contributed by atoms with Gasteiger partial charge in [0.2, 0.25) is 5.91 Å². The topological polar surface area (TPSA) is 45.6 Å². The van der Waals surface area contributed by atoms with Gasteiger partial charge in [-0.3, -0.25) is 14.5 Å². The summed E-state index contributed by atoms with van der Waals surface area (Å²) in [5.74, 6) is 0.248. The van der Waals surface area contributed by atoms with Gasteiger partial charge in [-0.25, -0.2) is 4.39 Å². The molecule has 0 spiro atoms. The maximum absolute atomic E-state index is 13.3. The molecule has 1 amide bonds. The Bertz CT molecular complexity index is 950. The normalized spacial score (nSPS) is 18.5. The number of likely N-dealkylation sites (tertiary alicyclic amines) is 2. The third-order valence-corrected chi connectivity index (χ3v) is 7.04. The van der Waals surface area contributed by atoms with Crippen molar-refractivity contribution in [3.63, 3.8) is 0 Å². The molecule has 0 aliphatic carbocycles. The first-order valence-electron chi connectivity index (χ1n) is 11.9. The Kier molecular flexibility index (Phi) is 7.09.